The zero-order chi connectivity index (χ0) is 19.7. The second kappa shape index (κ2) is 7.26. The minimum atomic E-state index is -0.953. The van der Waals surface area contributed by atoms with Gasteiger partial charge in [-0.05, 0) is 38.0 Å². The number of hydrogen-bond acceptors (Lipinski definition) is 5. The van der Waals surface area contributed by atoms with Crippen molar-refractivity contribution in [3.8, 4) is 5.69 Å². The van der Waals surface area contributed by atoms with Crippen molar-refractivity contribution in [3.05, 3.63) is 70.6 Å². The third-order valence-corrected chi connectivity index (χ3v) is 4.58. The maximum absolute atomic E-state index is 12.8. The van der Waals surface area contributed by atoms with Gasteiger partial charge in [-0.2, -0.15) is 9.78 Å². The lowest BCUT2D eigenvalue weighted by molar-refractivity contribution is -0.129. The van der Waals surface area contributed by atoms with Gasteiger partial charge in [0.25, 0.3) is 11.5 Å². The minimum absolute atomic E-state index is 0.00914. The van der Waals surface area contributed by atoms with Crippen molar-refractivity contribution in [2.75, 3.05) is 0 Å². The van der Waals surface area contributed by atoms with Crippen LogP contribution in [0.15, 0.2) is 59.4 Å². The molecular formula is C21H19N3O4. The lowest BCUT2D eigenvalue weighted by atomic mass is 10.1. The van der Waals surface area contributed by atoms with Gasteiger partial charge in [-0.15, -0.1) is 0 Å². The van der Waals surface area contributed by atoms with E-state index in [0.29, 0.717) is 16.5 Å². The number of amides is 1. The molecule has 1 aliphatic carbocycles. The molecule has 4 rings (SSSR count). The van der Waals surface area contributed by atoms with E-state index in [1.54, 1.807) is 48.5 Å². The van der Waals surface area contributed by atoms with Crippen LogP contribution in [0.1, 0.15) is 30.3 Å². The van der Waals surface area contributed by atoms with Gasteiger partial charge in [0.05, 0.1) is 11.1 Å². The van der Waals surface area contributed by atoms with Gasteiger partial charge in [0.2, 0.25) is 0 Å². The predicted molar refractivity (Wildman–Crippen MR) is 103 cm³/mol. The van der Waals surface area contributed by atoms with Crippen LogP contribution in [0.4, 0.5) is 0 Å². The average molecular weight is 377 g/mol. The van der Waals surface area contributed by atoms with Crippen molar-refractivity contribution in [2.24, 2.45) is 0 Å². The zero-order valence-electron chi connectivity index (χ0n) is 15.3. The smallest absolute Gasteiger partial charge is 0.360 e. The van der Waals surface area contributed by atoms with Crippen molar-refractivity contribution < 1.29 is 14.3 Å². The number of benzene rings is 2. The number of para-hydroxylation sites is 1. The number of hydrogen-bond donors (Lipinski definition) is 1. The predicted octanol–water partition coefficient (Wildman–Crippen LogP) is 2.21. The van der Waals surface area contributed by atoms with Crippen LogP contribution >= 0.6 is 0 Å². The Morgan fingerprint density at radius 2 is 1.71 bits per heavy atom. The lowest BCUT2D eigenvalue weighted by Crippen LogP contribution is -2.37. The molecule has 1 atom stereocenters. The zero-order valence-corrected chi connectivity index (χ0v) is 15.3. The van der Waals surface area contributed by atoms with E-state index < -0.39 is 12.1 Å². The molecule has 28 heavy (non-hydrogen) atoms. The maximum atomic E-state index is 12.8. The molecule has 142 valence electrons. The van der Waals surface area contributed by atoms with Crippen molar-refractivity contribution in [1.82, 2.24) is 15.1 Å². The van der Waals surface area contributed by atoms with Gasteiger partial charge in [0.1, 0.15) is 0 Å². The largest absolute Gasteiger partial charge is 0.448 e. The van der Waals surface area contributed by atoms with E-state index in [2.05, 4.69) is 10.4 Å². The highest BCUT2D eigenvalue weighted by Gasteiger charge is 2.28. The van der Waals surface area contributed by atoms with Crippen LogP contribution in [0.2, 0.25) is 0 Å². The highest BCUT2D eigenvalue weighted by atomic mass is 16.5. The van der Waals surface area contributed by atoms with Crippen LogP contribution in [0.3, 0.4) is 0 Å². The van der Waals surface area contributed by atoms with E-state index in [4.69, 9.17) is 4.74 Å². The van der Waals surface area contributed by atoms with Gasteiger partial charge in [-0.3, -0.25) is 9.59 Å². The Labute approximate surface area is 160 Å². The van der Waals surface area contributed by atoms with Crippen LogP contribution < -0.4 is 10.9 Å². The molecule has 0 saturated heterocycles. The molecule has 1 saturated carbocycles. The van der Waals surface area contributed by atoms with E-state index in [-0.39, 0.29) is 23.2 Å². The summed E-state index contributed by atoms with van der Waals surface area (Å²) in [6.45, 7) is 1.52. The molecule has 1 fully saturated rings. The molecule has 7 nitrogen and oxygen atoms in total. The first kappa shape index (κ1) is 17.9. The Kier molecular flexibility index (Phi) is 4.65. The fraction of sp³-hybridized carbons (Fsp3) is 0.238. The Balaban J connectivity index is 1.73. The maximum Gasteiger partial charge on any atom is 0.360 e. The van der Waals surface area contributed by atoms with Gasteiger partial charge >= 0.3 is 5.97 Å². The third-order valence-electron chi connectivity index (χ3n) is 4.58. The third kappa shape index (κ3) is 3.51. The fourth-order valence-electron chi connectivity index (χ4n) is 2.90. The van der Waals surface area contributed by atoms with E-state index in [0.717, 1.165) is 12.8 Å². The van der Waals surface area contributed by atoms with Crippen LogP contribution in [-0.4, -0.2) is 33.8 Å². The van der Waals surface area contributed by atoms with E-state index in [1.807, 2.05) is 6.07 Å². The number of ether oxygens (including phenoxy) is 1. The molecule has 0 radical (unpaired) electrons. The standard InChI is InChI=1S/C21H19N3O4/c1-13(19(25)22-14-11-12-14)28-21(27)18-16-9-5-6-10-17(16)20(26)24(23-18)15-7-3-2-4-8-15/h2-10,13-14H,11-12H2,1H3,(H,22,25)/t13-/m0/s1. The summed E-state index contributed by atoms with van der Waals surface area (Å²) in [6, 6.07) is 15.7. The summed E-state index contributed by atoms with van der Waals surface area (Å²) in [4.78, 5) is 37.7. The number of fused-ring (bicyclic) bond motifs is 1. The number of carbonyl (C=O) groups is 2. The molecular weight excluding hydrogens is 358 g/mol. The monoisotopic (exact) mass is 377 g/mol. The summed E-state index contributed by atoms with van der Waals surface area (Å²) in [5, 5.41) is 7.80. The normalized spacial score (nSPS) is 14.5. The van der Waals surface area contributed by atoms with Gasteiger partial charge in [0.15, 0.2) is 11.8 Å². The summed E-state index contributed by atoms with van der Waals surface area (Å²) in [7, 11) is 0. The van der Waals surface area contributed by atoms with Crippen LogP contribution in [-0.2, 0) is 9.53 Å². The van der Waals surface area contributed by atoms with Crippen LogP contribution in [0, 0.1) is 0 Å². The van der Waals surface area contributed by atoms with Gasteiger partial charge in [-0.1, -0.05) is 36.4 Å². The molecule has 2 aromatic carbocycles. The molecule has 7 heteroatoms. The molecule has 1 aliphatic rings. The summed E-state index contributed by atoms with van der Waals surface area (Å²) < 4.78 is 6.51. The van der Waals surface area contributed by atoms with E-state index >= 15 is 0 Å². The summed E-state index contributed by atoms with van der Waals surface area (Å²) in [6.07, 6.45) is 0.937. The summed E-state index contributed by atoms with van der Waals surface area (Å²) >= 11 is 0. The first-order chi connectivity index (χ1) is 13.5. The van der Waals surface area contributed by atoms with Crippen LogP contribution in [0.25, 0.3) is 16.5 Å². The molecule has 3 aromatic rings. The molecule has 0 unspecified atom stereocenters. The van der Waals surface area contributed by atoms with Crippen molar-refractivity contribution in [2.45, 2.75) is 31.9 Å². The molecule has 1 aromatic heterocycles. The lowest BCUT2D eigenvalue weighted by Gasteiger charge is -2.14. The van der Waals surface area contributed by atoms with E-state index in [9.17, 15) is 14.4 Å². The Morgan fingerprint density at radius 3 is 2.39 bits per heavy atom. The van der Waals surface area contributed by atoms with Crippen molar-refractivity contribution in [3.63, 3.8) is 0 Å². The Hall–Kier alpha value is -3.48. The topological polar surface area (TPSA) is 90.3 Å². The average Bonchev–Trinajstić information content (AvgIpc) is 3.53. The van der Waals surface area contributed by atoms with Crippen molar-refractivity contribution >= 4 is 22.6 Å². The number of carbonyl (C=O) groups excluding carboxylic acids is 2. The Bertz CT molecular complexity index is 1100. The first-order valence-corrected chi connectivity index (χ1v) is 9.13. The van der Waals surface area contributed by atoms with Crippen LogP contribution in [0.5, 0.6) is 0 Å². The highest BCUT2D eigenvalue weighted by Crippen LogP contribution is 2.20. The molecule has 0 spiro atoms. The first-order valence-electron chi connectivity index (χ1n) is 9.13. The van der Waals surface area contributed by atoms with Gasteiger partial charge in [0, 0.05) is 11.4 Å². The Morgan fingerprint density at radius 1 is 1.07 bits per heavy atom. The fourth-order valence-corrected chi connectivity index (χ4v) is 2.90. The number of aromatic nitrogens is 2. The molecule has 1 heterocycles. The minimum Gasteiger partial charge on any atom is -0.448 e. The second-order valence-electron chi connectivity index (χ2n) is 6.78. The van der Waals surface area contributed by atoms with Gasteiger partial charge in [-0.25, -0.2) is 4.79 Å². The van der Waals surface area contributed by atoms with Gasteiger partial charge < -0.3 is 10.1 Å². The number of esters is 1. The van der Waals surface area contributed by atoms with E-state index in [1.165, 1.54) is 11.6 Å². The molecule has 1 amide bonds. The molecule has 0 bridgehead atoms. The SMILES string of the molecule is C[C@H](OC(=O)c1nn(-c2ccccc2)c(=O)c2ccccc12)C(=O)NC1CC1. The quantitative estimate of drug-likeness (QED) is 0.689. The summed E-state index contributed by atoms with van der Waals surface area (Å²) in [5.41, 5.74) is 0.190. The molecule has 1 N–H and O–H groups in total. The van der Waals surface area contributed by atoms with Crippen molar-refractivity contribution in [1.29, 1.82) is 0 Å². The number of rotatable bonds is 5. The molecule has 0 aliphatic heterocycles. The number of nitrogens with one attached hydrogen (secondary N) is 1. The second-order valence-corrected chi connectivity index (χ2v) is 6.78. The highest BCUT2D eigenvalue weighted by molar-refractivity contribution is 6.03. The number of nitrogens with zero attached hydrogens (tertiary/aromatic N) is 2. The summed E-state index contributed by atoms with van der Waals surface area (Å²) in [5.74, 6) is -1.09.